The van der Waals surface area contributed by atoms with Gasteiger partial charge >= 0.3 is 0 Å². The minimum atomic E-state index is 0.588. The van der Waals surface area contributed by atoms with E-state index in [9.17, 15) is 0 Å². The van der Waals surface area contributed by atoms with Crippen LogP contribution in [0.5, 0.6) is 5.75 Å². The van der Waals surface area contributed by atoms with E-state index >= 15 is 0 Å². The van der Waals surface area contributed by atoms with Crippen LogP contribution in [0.2, 0.25) is 0 Å². The molecule has 2 nitrogen and oxygen atoms in total. The maximum atomic E-state index is 5.88. The lowest BCUT2D eigenvalue weighted by Crippen LogP contribution is -2.10. The molecule has 0 N–H and O–H groups in total. The predicted molar refractivity (Wildman–Crippen MR) is 82.3 cm³/mol. The van der Waals surface area contributed by atoms with Gasteiger partial charge in [0.2, 0.25) is 0 Å². The van der Waals surface area contributed by atoms with Crippen LogP contribution in [0.4, 0.5) is 0 Å². The number of nitrogens with zero attached hydrogens (tertiary/aromatic N) is 1. The van der Waals surface area contributed by atoms with Gasteiger partial charge in [-0.2, -0.15) is 0 Å². The zero-order chi connectivity index (χ0) is 13.7. The summed E-state index contributed by atoms with van der Waals surface area (Å²) in [5, 5.41) is 0. The lowest BCUT2D eigenvalue weighted by Gasteiger charge is -2.13. The van der Waals surface area contributed by atoms with Gasteiger partial charge in [0.15, 0.2) is 0 Å². The van der Waals surface area contributed by atoms with Crippen molar-refractivity contribution in [1.82, 2.24) is 4.90 Å². The van der Waals surface area contributed by atoms with Crippen molar-refractivity contribution in [1.29, 1.82) is 0 Å². The molecule has 0 aliphatic carbocycles. The highest BCUT2D eigenvalue weighted by molar-refractivity contribution is 9.10. The number of hydrogen-bond acceptors (Lipinski definition) is 2. The number of rotatable bonds is 5. The third kappa shape index (κ3) is 4.37. The van der Waals surface area contributed by atoms with Gasteiger partial charge in [0.25, 0.3) is 0 Å². The van der Waals surface area contributed by atoms with Crippen LogP contribution in [-0.4, -0.2) is 19.0 Å². The van der Waals surface area contributed by atoms with E-state index in [1.54, 1.807) is 0 Å². The van der Waals surface area contributed by atoms with E-state index in [-0.39, 0.29) is 0 Å². The Balaban J connectivity index is 2.06. The van der Waals surface area contributed by atoms with Crippen molar-refractivity contribution in [3.63, 3.8) is 0 Å². The van der Waals surface area contributed by atoms with Crippen molar-refractivity contribution in [2.45, 2.75) is 13.2 Å². The third-order valence-corrected chi connectivity index (χ3v) is 3.39. The number of hydrogen-bond donors (Lipinski definition) is 0. The highest BCUT2D eigenvalue weighted by Crippen LogP contribution is 2.27. The molecule has 3 heteroatoms. The van der Waals surface area contributed by atoms with Crippen LogP contribution in [-0.2, 0) is 13.2 Å². The first-order valence-electron chi connectivity index (χ1n) is 6.25. The van der Waals surface area contributed by atoms with E-state index < -0.39 is 0 Å². The molecule has 0 amide bonds. The predicted octanol–water partition coefficient (Wildman–Crippen LogP) is 4.09. The molecule has 2 aromatic carbocycles. The minimum absolute atomic E-state index is 0.588. The molecule has 0 radical (unpaired) electrons. The second-order valence-corrected chi connectivity index (χ2v) is 5.63. The van der Waals surface area contributed by atoms with E-state index in [1.165, 1.54) is 11.1 Å². The molecule has 2 aromatic rings. The van der Waals surface area contributed by atoms with Gasteiger partial charge in [-0.25, -0.2) is 0 Å². The van der Waals surface area contributed by atoms with Gasteiger partial charge < -0.3 is 9.64 Å². The maximum Gasteiger partial charge on any atom is 0.134 e. The van der Waals surface area contributed by atoms with Crippen LogP contribution >= 0.6 is 15.9 Å². The summed E-state index contributed by atoms with van der Waals surface area (Å²) in [5.74, 6) is 0.892. The van der Waals surface area contributed by atoms with Crippen LogP contribution in [0.3, 0.4) is 0 Å². The molecule has 0 fully saturated rings. The minimum Gasteiger partial charge on any atom is -0.488 e. The summed E-state index contributed by atoms with van der Waals surface area (Å²) >= 11 is 3.53. The topological polar surface area (TPSA) is 12.5 Å². The Kier molecular flexibility index (Phi) is 5.00. The first kappa shape index (κ1) is 14.1. The smallest absolute Gasteiger partial charge is 0.134 e. The maximum absolute atomic E-state index is 5.88. The average Bonchev–Trinajstić information content (AvgIpc) is 2.40. The van der Waals surface area contributed by atoms with Crippen LogP contribution in [0.1, 0.15) is 11.1 Å². The molecule has 19 heavy (non-hydrogen) atoms. The molecule has 0 aromatic heterocycles. The molecule has 0 saturated carbocycles. The Labute approximate surface area is 123 Å². The largest absolute Gasteiger partial charge is 0.488 e. The van der Waals surface area contributed by atoms with E-state index in [1.807, 2.05) is 24.3 Å². The number of halogens is 1. The average molecular weight is 320 g/mol. The normalized spacial score (nSPS) is 10.7. The van der Waals surface area contributed by atoms with E-state index in [4.69, 9.17) is 4.74 Å². The zero-order valence-corrected chi connectivity index (χ0v) is 12.9. The Morgan fingerprint density at radius 3 is 2.42 bits per heavy atom. The monoisotopic (exact) mass is 319 g/mol. The molecule has 100 valence electrons. The molecular weight excluding hydrogens is 302 g/mol. The summed E-state index contributed by atoms with van der Waals surface area (Å²) in [6.45, 7) is 1.50. The summed E-state index contributed by atoms with van der Waals surface area (Å²) in [6.07, 6.45) is 0. The Bertz CT molecular complexity index is 526. The van der Waals surface area contributed by atoms with Crippen molar-refractivity contribution in [3.8, 4) is 5.75 Å². The molecule has 0 aliphatic heterocycles. The Morgan fingerprint density at radius 1 is 1.00 bits per heavy atom. The molecular formula is C16H18BrNO. The van der Waals surface area contributed by atoms with Crippen LogP contribution in [0.25, 0.3) is 0 Å². The first-order chi connectivity index (χ1) is 9.15. The Hall–Kier alpha value is -1.32. The fourth-order valence-corrected chi connectivity index (χ4v) is 2.22. The molecule has 0 aliphatic rings. The quantitative estimate of drug-likeness (QED) is 0.823. The summed E-state index contributed by atoms with van der Waals surface area (Å²) in [7, 11) is 4.12. The Morgan fingerprint density at radius 2 is 1.74 bits per heavy atom. The van der Waals surface area contributed by atoms with Crippen molar-refractivity contribution < 1.29 is 4.74 Å². The van der Waals surface area contributed by atoms with Gasteiger partial charge in [0.05, 0.1) is 4.47 Å². The lowest BCUT2D eigenvalue weighted by atomic mass is 10.2. The highest BCUT2D eigenvalue weighted by atomic mass is 79.9. The summed E-state index contributed by atoms with van der Waals surface area (Å²) in [6, 6.07) is 16.4. The van der Waals surface area contributed by atoms with Gasteiger partial charge in [-0.3, -0.25) is 0 Å². The summed E-state index contributed by atoms with van der Waals surface area (Å²) in [4.78, 5) is 2.14. The second-order valence-electron chi connectivity index (χ2n) is 4.78. The molecule has 2 rings (SSSR count). The number of ether oxygens (including phenoxy) is 1. The van der Waals surface area contributed by atoms with E-state index in [0.717, 1.165) is 16.8 Å². The van der Waals surface area contributed by atoms with Gasteiger partial charge in [-0.1, -0.05) is 36.4 Å². The van der Waals surface area contributed by atoms with Crippen molar-refractivity contribution >= 4 is 15.9 Å². The number of benzene rings is 2. The van der Waals surface area contributed by atoms with Crippen molar-refractivity contribution in [2.75, 3.05) is 14.1 Å². The van der Waals surface area contributed by atoms with Crippen LogP contribution in [0, 0.1) is 0 Å². The molecule has 0 saturated heterocycles. The van der Waals surface area contributed by atoms with Crippen molar-refractivity contribution in [3.05, 3.63) is 64.1 Å². The zero-order valence-electron chi connectivity index (χ0n) is 11.3. The SMILES string of the molecule is CN(C)Cc1ccc(Br)c(OCc2ccccc2)c1. The van der Waals surface area contributed by atoms with E-state index in [2.05, 4.69) is 59.2 Å². The fourth-order valence-electron chi connectivity index (χ4n) is 1.86. The van der Waals surface area contributed by atoms with E-state index in [0.29, 0.717) is 6.61 Å². The molecule has 0 spiro atoms. The van der Waals surface area contributed by atoms with Gasteiger partial charge in [-0.15, -0.1) is 0 Å². The summed E-state index contributed by atoms with van der Waals surface area (Å²) < 4.78 is 6.87. The highest BCUT2D eigenvalue weighted by Gasteiger charge is 2.04. The van der Waals surface area contributed by atoms with Gasteiger partial charge in [0, 0.05) is 6.54 Å². The van der Waals surface area contributed by atoms with Crippen molar-refractivity contribution in [2.24, 2.45) is 0 Å². The third-order valence-electron chi connectivity index (χ3n) is 2.73. The lowest BCUT2D eigenvalue weighted by molar-refractivity contribution is 0.303. The first-order valence-corrected chi connectivity index (χ1v) is 7.04. The standard InChI is InChI=1S/C16H18BrNO/c1-18(2)11-14-8-9-15(17)16(10-14)19-12-13-6-4-3-5-7-13/h3-10H,11-12H2,1-2H3. The molecule has 0 unspecified atom stereocenters. The molecule has 0 bridgehead atoms. The van der Waals surface area contributed by atoms with Crippen LogP contribution in [0.15, 0.2) is 53.0 Å². The van der Waals surface area contributed by atoms with Gasteiger partial charge in [-0.05, 0) is 53.3 Å². The molecule has 0 atom stereocenters. The summed E-state index contributed by atoms with van der Waals surface area (Å²) in [5.41, 5.74) is 2.42. The fraction of sp³-hybridized carbons (Fsp3) is 0.250. The van der Waals surface area contributed by atoms with Gasteiger partial charge in [0.1, 0.15) is 12.4 Å². The second kappa shape index (κ2) is 6.73. The van der Waals surface area contributed by atoms with Crippen LogP contribution < -0.4 is 4.74 Å². The molecule has 0 heterocycles.